The molecule has 19 heavy (non-hydrogen) atoms. The molecule has 0 bridgehead atoms. The van der Waals surface area contributed by atoms with Gasteiger partial charge in [-0.1, -0.05) is 25.5 Å². The quantitative estimate of drug-likeness (QED) is 0.778. The molecule has 0 fully saturated rings. The molecule has 0 saturated carbocycles. The van der Waals surface area contributed by atoms with Crippen LogP contribution in [0.3, 0.4) is 0 Å². The van der Waals surface area contributed by atoms with Crippen LogP contribution in [-0.4, -0.2) is 23.0 Å². The molecule has 1 aromatic rings. The molecule has 1 amide bonds. The van der Waals surface area contributed by atoms with Crippen LogP contribution >= 0.6 is 22.6 Å². The molecule has 0 radical (unpaired) electrons. The Labute approximate surface area is 126 Å². The monoisotopic (exact) mass is 375 g/mol. The maximum Gasteiger partial charge on any atom is 0.326 e. The van der Waals surface area contributed by atoms with E-state index >= 15 is 0 Å². The second-order valence-electron chi connectivity index (χ2n) is 4.98. The molecule has 0 saturated heterocycles. The first-order valence-electron chi connectivity index (χ1n) is 6.11. The van der Waals surface area contributed by atoms with E-state index in [1.54, 1.807) is 6.07 Å². The van der Waals surface area contributed by atoms with E-state index in [0.717, 1.165) is 9.13 Å². The van der Waals surface area contributed by atoms with Crippen molar-refractivity contribution in [2.45, 2.75) is 33.2 Å². The third-order valence-corrected chi connectivity index (χ3v) is 3.62. The third-order valence-electron chi connectivity index (χ3n) is 2.68. The summed E-state index contributed by atoms with van der Waals surface area (Å²) >= 11 is 2.07. The summed E-state index contributed by atoms with van der Waals surface area (Å²) in [4.78, 5) is 23.3. The first-order valence-corrected chi connectivity index (χ1v) is 7.19. The van der Waals surface area contributed by atoms with Gasteiger partial charge in [-0.2, -0.15) is 0 Å². The maximum atomic E-state index is 12.1. The number of carbonyl (C=O) groups is 2. The van der Waals surface area contributed by atoms with Crippen molar-refractivity contribution >= 4 is 34.5 Å². The molecule has 0 spiro atoms. The van der Waals surface area contributed by atoms with E-state index in [-0.39, 0.29) is 11.8 Å². The Morgan fingerprint density at radius 1 is 1.37 bits per heavy atom. The van der Waals surface area contributed by atoms with E-state index in [9.17, 15) is 9.59 Å². The molecule has 5 heteroatoms. The van der Waals surface area contributed by atoms with Gasteiger partial charge in [0.05, 0.1) is 5.56 Å². The number of rotatable bonds is 5. The molecule has 0 aliphatic carbocycles. The fraction of sp³-hybridized carbons (Fsp3) is 0.429. The Bertz CT molecular complexity index is 486. The Morgan fingerprint density at radius 3 is 2.53 bits per heavy atom. The smallest absolute Gasteiger partial charge is 0.326 e. The van der Waals surface area contributed by atoms with Crippen LogP contribution in [-0.2, 0) is 4.79 Å². The van der Waals surface area contributed by atoms with Gasteiger partial charge < -0.3 is 10.4 Å². The number of hydrogen-bond acceptors (Lipinski definition) is 2. The summed E-state index contributed by atoms with van der Waals surface area (Å²) in [6.45, 7) is 5.76. The van der Waals surface area contributed by atoms with E-state index in [2.05, 4.69) is 27.9 Å². The lowest BCUT2D eigenvalue weighted by atomic mass is 10.0. The Hall–Kier alpha value is -1.11. The zero-order valence-corrected chi connectivity index (χ0v) is 13.4. The molecular weight excluding hydrogens is 357 g/mol. The highest BCUT2D eigenvalue weighted by atomic mass is 127. The van der Waals surface area contributed by atoms with Crippen LogP contribution in [0, 0.1) is 16.4 Å². The van der Waals surface area contributed by atoms with Crippen molar-refractivity contribution in [1.82, 2.24) is 5.32 Å². The molecule has 0 heterocycles. The second-order valence-corrected chi connectivity index (χ2v) is 6.14. The van der Waals surface area contributed by atoms with Gasteiger partial charge in [-0.05, 0) is 54.0 Å². The average Bonchev–Trinajstić information content (AvgIpc) is 2.30. The summed E-state index contributed by atoms with van der Waals surface area (Å²) in [7, 11) is 0. The molecule has 1 aromatic carbocycles. The highest BCUT2D eigenvalue weighted by Gasteiger charge is 2.22. The molecule has 1 rings (SSSR count). The van der Waals surface area contributed by atoms with Gasteiger partial charge in [-0.15, -0.1) is 0 Å². The average molecular weight is 375 g/mol. The number of nitrogens with one attached hydrogen (secondary N) is 1. The molecule has 0 aliphatic rings. The number of halogens is 1. The number of carbonyl (C=O) groups excluding carboxylic acids is 1. The van der Waals surface area contributed by atoms with Crippen molar-refractivity contribution in [3.63, 3.8) is 0 Å². The number of amides is 1. The van der Waals surface area contributed by atoms with Crippen LogP contribution in [0.25, 0.3) is 0 Å². The van der Waals surface area contributed by atoms with E-state index in [4.69, 9.17) is 5.11 Å². The maximum absolute atomic E-state index is 12.1. The van der Waals surface area contributed by atoms with Gasteiger partial charge in [0, 0.05) is 3.57 Å². The largest absolute Gasteiger partial charge is 0.480 e. The van der Waals surface area contributed by atoms with Crippen LogP contribution < -0.4 is 5.32 Å². The van der Waals surface area contributed by atoms with Gasteiger partial charge in [0.15, 0.2) is 0 Å². The fourth-order valence-corrected chi connectivity index (χ4v) is 2.32. The lowest BCUT2D eigenvalue weighted by Crippen LogP contribution is -2.41. The van der Waals surface area contributed by atoms with Crippen LogP contribution in [0.1, 0.15) is 36.2 Å². The zero-order valence-electron chi connectivity index (χ0n) is 11.2. The van der Waals surface area contributed by atoms with Gasteiger partial charge >= 0.3 is 5.97 Å². The van der Waals surface area contributed by atoms with Crippen molar-refractivity contribution in [3.05, 3.63) is 32.9 Å². The highest BCUT2D eigenvalue weighted by molar-refractivity contribution is 14.1. The molecule has 0 unspecified atom stereocenters. The highest BCUT2D eigenvalue weighted by Crippen LogP contribution is 2.15. The van der Waals surface area contributed by atoms with Crippen LogP contribution in [0.15, 0.2) is 18.2 Å². The standard InChI is InChI=1S/C14H18INO3/c1-8(2)6-12(14(18)19)16-13(17)10-7-9(3)4-5-11(10)15/h4-5,7-8,12H,6H2,1-3H3,(H,16,17)(H,18,19)/t12-/m0/s1. The third kappa shape index (κ3) is 4.81. The van der Waals surface area contributed by atoms with Crippen molar-refractivity contribution in [3.8, 4) is 0 Å². The van der Waals surface area contributed by atoms with Gasteiger partial charge in [0.1, 0.15) is 6.04 Å². The summed E-state index contributed by atoms with van der Waals surface area (Å²) in [5.41, 5.74) is 1.50. The molecule has 0 aliphatic heterocycles. The van der Waals surface area contributed by atoms with Crippen molar-refractivity contribution in [2.24, 2.45) is 5.92 Å². The molecular formula is C14H18INO3. The van der Waals surface area contributed by atoms with E-state index in [1.165, 1.54) is 0 Å². The van der Waals surface area contributed by atoms with Crippen molar-refractivity contribution in [1.29, 1.82) is 0 Å². The van der Waals surface area contributed by atoms with Crippen molar-refractivity contribution < 1.29 is 14.7 Å². The van der Waals surface area contributed by atoms with Crippen molar-refractivity contribution in [2.75, 3.05) is 0 Å². The first-order chi connectivity index (χ1) is 8.81. The SMILES string of the molecule is Cc1ccc(I)c(C(=O)N[C@@H](CC(C)C)C(=O)O)c1. The number of hydrogen-bond donors (Lipinski definition) is 2. The minimum absolute atomic E-state index is 0.206. The second kappa shape index (κ2) is 6.88. The zero-order chi connectivity index (χ0) is 14.6. The van der Waals surface area contributed by atoms with Crippen LogP contribution in [0.2, 0.25) is 0 Å². The minimum Gasteiger partial charge on any atom is -0.480 e. The van der Waals surface area contributed by atoms with Gasteiger partial charge in [-0.25, -0.2) is 4.79 Å². The Morgan fingerprint density at radius 2 is 2.00 bits per heavy atom. The Balaban J connectivity index is 2.87. The Kier molecular flexibility index (Phi) is 5.78. The summed E-state index contributed by atoms with van der Waals surface area (Å²) < 4.78 is 0.814. The normalized spacial score (nSPS) is 12.3. The van der Waals surface area contributed by atoms with Gasteiger partial charge in [0.25, 0.3) is 5.91 Å². The summed E-state index contributed by atoms with van der Waals surface area (Å²) in [6, 6.07) is 4.69. The molecule has 1 atom stereocenters. The fourth-order valence-electron chi connectivity index (χ4n) is 1.74. The molecule has 0 aromatic heterocycles. The summed E-state index contributed by atoms with van der Waals surface area (Å²) in [5.74, 6) is -1.12. The molecule has 4 nitrogen and oxygen atoms in total. The minimum atomic E-state index is -0.996. The van der Waals surface area contributed by atoms with Gasteiger partial charge in [-0.3, -0.25) is 4.79 Å². The van der Waals surface area contributed by atoms with E-state index in [0.29, 0.717) is 12.0 Å². The topological polar surface area (TPSA) is 66.4 Å². The lowest BCUT2D eigenvalue weighted by molar-refractivity contribution is -0.139. The van der Waals surface area contributed by atoms with Crippen LogP contribution in [0.4, 0.5) is 0 Å². The number of aryl methyl sites for hydroxylation is 1. The number of benzene rings is 1. The first kappa shape index (κ1) is 15.9. The lowest BCUT2D eigenvalue weighted by Gasteiger charge is -2.17. The molecule has 104 valence electrons. The number of carboxylic acids is 1. The predicted molar refractivity (Wildman–Crippen MR) is 82.2 cm³/mol. The van der Waals surface area contributed by atoms with Crippen LogP contribution in [0.5, 0.6) is 0 Å². The predicted octanol–water partition coefficient (Wildman–Crippen LogP) is 2.83. The van der Waals surface area contributed by atoms with E-state index in [1.807, 2.05) is 32.9 Å². The summed E-state index contributed by atoms with van der Waals surface area (Å²) in [5, 5.41) is 11.7. The van der Waals surface area contributed by atoms with Gasteiger partial charge in [0.2, 0.25) is 0 Å². The number of carboxylic acid groups (broad SMARTS) is 1. The summed E-state index contributed by atoms with van der Waals surface area (Å²) in [6.07, 6.45) is 0.420. The van der Waals surface area contributed by atoms with E-state index < -0.39 is 12.0 Å². The molecule has 2 N–H and O–H groups in total. The number of aliphatic carboxylic acids is 1.